The Morgan fingerprint density at radius 2 is 1.87 bits per heavy atom. The van der Waals surface area contributed by atoms with Crippen molar-refractivity contribution < 1.29 is 0 Å². The molecule has 1 aliphatic heterocycles. The molecule has 2 N–H and O–H groups in total. The van der Waals surface area contributed by atoms with Crippen LogP contribution in [-0.4, -0.2) is 42.1 Å². The Hall–Kier alpha value is -1.61. The Morgan fingerprint density at radius 1 is 1.07 bits per heavy atom. The first-order valence-electron chi connectivity index (χ1n) is 10.6. The molecule has 0 radical (unpaired) electrons. The van der Waals surface area contributed by atoms with E-state index < -0.39 is 0 Å². The van der Waals surface area contributed by atoms with E-state index in [1.54, 1.807) is 0 Å². The number of nitrogens with zero attached hydrogens (tertiary/aromatic N) is 4. The van der Waals surface area contributed by atoms with E-state index in [2.05, 4.69) is 38.5 Å². The Balaban J connectivity index is 0.00000320. The molecule has 0 amide bonds. The molecule has 30 heavy (non-hydrogen) atoms. The molecule has 8 heteroatoms. The van der Waals surface area contributed by atoms with Crippen LogP contribution in [0.25, 0.3) is 0 Å². The molecule has 1 aliphatic rings. The van der Waals surface area contributed by atoms with Crippen LogP contribution in [0.3, 0.4) is 0 Å². The maximum Gasteiger partial charge on any atom is 0.191 e. The monoisotopic (exact) mass is 542 g/mol. The summed E-state index contributed by atoms with van der Waals surface area (Å²) in [6.45, 7) is 6.51. The second kappa shape index (κ2) is 13.6. The lowest BCUT2D eigenvalue weighted by Crippen LogP contribution is -2.38. The van der Waals surface area contributed by atoms with Crippen LogP contribution in [0.2, 0.25) is 5.15 Å². The quantitative estimate of drug-likeness (QED) is 0.235. The molecule has 0 spiro atoms. The topological polar surface area (TPSA) is 65.4 Å². The largest absolute Gasteiger partial charge is 0.357 e. The fourth-order valence-electron chi connectivity index (χ4n) is 3.42. The predicted molar refractivity (Wildman–Crippen MR) is 136 cm³/mol. The van der Waals surface area contributed by atoms with Crippen molar-refractivity contribution in [3.63, 3.8) is 0 Å². The number of rotatable bonds is 7. The van der Waals surface area contributed by atoms with Crippen LogP contribution in [0.1, 0.15) is 43.7 Å². The van der Waals surface area contributed by atoms with Gasteiger partial charge in [0.1, 0.15) is 11.0 Å². The van der Waals surface area contributed by atoms with Crippen LogP contribution < -0.4 is 15.5 Å². The van der Waals surface area contributed by atoms with Crippen LogP contribution in [0, 0.1) is 0 Å². The number of nitrogens with one attached hydrogen (secondary N) is 2. The first-order chi connectivity index (χ1) is 14.2. The summed E-state index contributed by atoms with van der Waals surface area (Å²) in [5, 5.41) is 7.22. The van der Waals surface area contributed by atoms with E-state index in [1.807, 2.05) is 30.6 Å². The Bertz CT molecular complexity index is 775. The predicted octanol–water partition coefficient (Wildman–Crippen LogP) is 4.43. The summed E-state index contributed by atoms with van der Waals surface area (Å²) < 4.78 is 0. The minimum Gasteiger partial charge on any atom is -0.357 e. The van der Waals surface area contributed by atoms with Crippen LogP contribution in [0.4, 0.5) is 5.82 Å². The van der Waals surface area contributed by atoms with E-state index in [-0.39, 0.29) is 24.0 Å². The van der Waals surface area contributed by atoms with Gasteiger partial charge >= 0.3 is 0 Å². The van der Waals surface area contributed by atoms with Gasteiger partial charge in [-0.25, -0.2) is 15.0 Å². The smallest absolute Gasteiger partial charge is 0.191 e. The summed E-state index contributed by atoms with van der Waals surface area (Å²) in [7, 11) is 0. The molecule has 0 aliphatic carbocycles. The van der Waals surface area contributed by atoms with Crippen molar-refractivity contribution >= 4 is 47.4 Å². The third-order valence-corrected chi connectivity index (χ3v) is 5.22. The normalized spacial score (nSPS) is 14.6. The van der Waals surface area contributed by atoms with Crippen molar-refractivity contribution in [3.8, 4) is 0 Å². The maximum absolute atomic E-state index is 5.84. The molecule has 1 saturated heterocycles. The van der Waals surface area contributed by atoms with Crippen LogP contribution >= 0.6 is 35.6 Å². The lowest BCUT2D eigenvalue weighted by Gasteiger charge is -2.21. The van der Waals surface area contributed by atoms with Crippen LogP contribution in [-0.2, 0) is 13.0 Å². The number of hydrogen-bond acceptors (Lipinski definition) is 4. The van der Waals surface area contributed by atoms with Crippen molar-refractivity contribution in [2.75, 3.05) is 31.1 Å². The third kappa shape index (κ3) is 8.26. The zero-order valence-electron chi connectivity index (χ0n) is 17.6. The molecule has 164 valence electrons. The summed E-state index contributed by atoms with van der Waals surface area (Å²) in [5.41, 5.74) is 2.33. The Morgan fingerprint density at radius 3 is 2.57 bits per heavy atom. The second-order valence-electron chi connectivity index (χ2n) is 7.28. The minimum atomic E-state index is 0. The molecule has 0 bridgehead atoms. The van der Waals surface area contributed by atoms with Crippen molar-refractivity contribution in [3.05, 3.63) is 52.9 Å². The molecular formula is C22H32ClIN6. The van der Waals surface area contributed by atoms with Gasteiger partial charge in [-0.2, -0.15) is 0 Å². The van der Waals surface area contributed by atoms with Gasteiger partial charge in [-0.1, -0.05) is 30.5 Å². The Kier molecular flexibility index (Phi) is 11.2. The van der Waals surface area contributed by atoms with Gasteiger partial charge in [-0.05, 0) is 55.5 Å². The van der Waals surface area contributed by atoms with Gasteiger partial charge in [0.05, 0.1) is 6.54 Å². The minimum absolute atomic E-state index is 0. The van der Waals surface area contributed by atoms with Gasteiger partial charge in [0.25, 0.3) is 0 Å². The summed E-state index contributed by atoms with van der Waals surface area (Å²) in [6.07, 6.45) is 9.73. The van der Waals surface area contributed by atoms with Crippen molar-refractivity contribution in [2.24, 2.45) is 4.99 Å². The fraction of sp³-hybridized carbons (Fsp3) is 0.500. The summed E-state index contributed by atoms with van der Waals surface area (Å²) in [5.74, 6) is 1.90. The van der Waals surface area contributed by atoms with E-state index in [0.717, 1.165) is 49.9 Å². The van der Waals surface area contributed by atoms with E-state index in [9.17, 15) is 0 Å². The molecule has 3 rings (SSSR count). The molecule has 0 unspecified atom stereocenters. The highest BCUT2D eigenvalue weighted by Gasteiger charge is 2.11. The lowest BCUT2D eigenvalue weighted by molar-refractivity contribution is 0.726. The average molecular weight is 543 g/mol. The van der Waals surface area contributed by atoms with Crippen LogP contribution in [0.15, 0.2) is 41.7 Å². The van der Waals surface area contributed by atoms with E-state index in [4.69, 9.17) is 16.6 Å². The molecule has 6 nitrogen and oxygen atoms in total. The second-order valence-corrected chi connectivity index (χ2v) is 7.67. The molecule has 2 aromatic heterocycles. The number of hydrogen-bond donors (Lipinski definition) is 2. The van der Waals surface area contributed by atoms with Crippen molar-refractivity contribution in [1.82, 2.24) is 20.6 Å². The zero-order valence-corrected chi connectivity index (χ0v) is 20.7. The van der Waals surface area contributed by atoms with Crippen molar-refractivity contribution in [1.29, 1.82) is 0 Å². The first kappa shape index (κ1) is 24.7. The summed E-state index contributed by atoms with van der Waals surface area (Å²) in [4.78, 5) is 15.9. The number of anilines is 1. The molecule has 0 saturated carbocycles. The summed E-state index contributed by atoms with van der Waals surface area (Å²) in [6, 6.07) is 8.05. The van der Waals surface area contributed by atoms with E-state index >= 15 is 0 Å². The highest BCUT2D eigenvalue weighted by atomic mass is 127. The van der Waals surface area contributed by atoms with E-state index in [1.165, 1.54) is 31.2 Å². The van der Waals surface area contributed by atoms with Gasteiger partial charge in [-0.15, -0.1) is 24.0 Å². The number of guanidine groups is 1. The van der Waals surface area contributed by atoms with Gasteiger partial charge in [0, 0.05) is 38.6 Å². The maximum atomic E-state index is 5.84. The summed E-state index contributed by atoms with van der Waals surface area (Å²) >= 11 is 5.84. The lowest BCUT2D eigenvalue weighted by atomic mass is 10.2. The number of pyridine rings is 2. The fourth-order valence-corrected chi connectivity index (χ4v) is 3.54. The molecule has 2 aromatic rings. The number of aromatic nitrogens is 2. The molecule has 1 fully saturated rings. The SMILES string of the molecule is CCNC(=NCc1ccnc(N2CCCCCC2)c1)NCCc1ccc(Cl)nc1.I. The first-order valence-corrected chi connectivity index (χ1v) is 10.9. The molecular weight excluding hydrogens is 511 g/mol. The molecule has 3 heterocycles. The van der Waals surface area contributed by atoms with Crippen molar-refractivity contribution in [2.45, 2.75) is 45.6 Å². The van der Waals surface area contributed by atoms with Crippen LogP contribution in [0.5, 0.6) is 0 Å². The Labute approximate surface area is 202 Å². The van der Waals surface area contributed by atoms with Gasteiger partial charge in [-0.3, -0.25) is 0 Å². The number of halogens is 2. The zero-order chi connectivity index (χ0) is 20.3. The van der Waals surface area contributed by atoms with E-state index in [0.29, 0.717) is 11.7 Å². The average Bonchev–Trinajstić information content (AvgIpc) is 3.03. The molecule has 0 atom stereocenters. The molecule has 0 aromatic carbocycles. The van der Waals surface area contributed by atoms with Gasteiger partial charge in [0.15, 0.2) is 5.96 Å². The van der Waals surface area contributed by atoms with Gasteiger partial charge in [0.2, 0.25) is 0 Å². The highest BCUT2D eigenvalue weighted by molar-refractivity contribution is 14.0. The standard InChI is InChI=1S/C22H31ClN6.HI/c1-2-24-22(26-12-9-18-7-8-20(23)27-16-18)28-17-19-10-11-25-21(15-19)29-13-5-3-4-6-14-29;/h7-8,10-11,15-16H,2-6,9,12-14,17H2,1H3,(H2,24,26,28);1H. The number of aliphatic imine (C=N–C) groups is 1. The third-order valence-electron chi connectivity index (χ3n) is 5.00. The van der Waals surface area contributed by atoms with Gasteiger partial charge < -0.3 is 15.5 Å². The highest BCUT2D eigenvalue weighted by Crippen LogP contribution is 2.18.